The van der Waals surface area contributed by atoms with Gasteiger partial charge in [-0.2, -0.15) is 0 Å². The van der Waals surface area contributed by atoms with Crippen LogP contribution in [0.5, 0.6) is 0 Å². The predicted molar refractivity (Wildman–Crippen MR) is 32.5 cm³/mol. The molecule has 0 saturated carbocycles. The molecule has 1 atom stereocenters. The number of morpholine rings is 1. The lowest BCUT2D eigenvalue weighted by molar-refractivity contribution is 0.0739. The minimum Gasteiger partial charge on any atom is -0.354 e. The lowest BCUT2D eigenvalue weighted by atomic mass is 10.5. The molecule has 47 valence electrons. The van der Waals surface area contributed by atoms with E-state index >= 15 is 0 Å². The van der Waals surface area contributed by atoms with Gasteiger partial charge in [-0.25, -0.2) is 0 Å². The molecule has 1 heterocycles. The van der Waals surface area contributed by atoms with Crippen molar-refractivity contribution < 1.29 is 4.74 Å². The normalized spacial score (nSPS) is 33.0. The van der Waals surface area contributed by atoms with Crippen LogP contribution in [-0.2, 0) is 4.74 Å². The highest BCUT2D eigenvalue weighted by Crippen LogP contribution is 2.08. The second-order valence-electron chi connectivity index (χ2n) is 1.93. The second-order valence-corrected chi connectivity index (χ2v) is 2.42. The summed E-state index contributed by atoms with van der Waals surface area (Å²) in [6, 6.07) is 0. The Balaban J connectivity index is 2.23. The van der Waals surface area contributed by atoms with Gasteiger partial charge in [-0.3, -0.25) is 4.90 Å². The van der Waals surface area contributed by atoms with E-state index in [0.717, 1.165) is 13.1 Å². The van der Waals surface area contributed by atoms with E-state index in [1.165, 1.54) is 0 Å². The fourth-order valence-electron chi connectivity index (χ4n) is 0.637. The first-order chi connectivity index (χ1) is 3.79. The third-order valence-electron chi connectivity index (χ3n) is 1.09. The summed E-state index contributed by atoms with van der Waals surface area (Å²) in [6.45, 7) is 3.42. The average Bonchev–Trinajstić information content (AvgIpc) is 1.64. The minimum atomic E-state index is -0.145. The number of nitrogens with zero attached hydrogens (tertiary/aromatic N) is 1. The Hall–Kier alpha value is 0.210. The molecule has 3 heteroatoms. The summed E-state index contributed by atoms with van der Waals surface area (Å²) in [4.78, 5) is 2.10. The molecule has 0 aromatic heterocycles. The summed E-state index contributed by atoms with van der Waals surface area (Å²) in [5.74, 6) is 0. The van der Waals surface area contributed by atoms with Crippen LogP contribution in [0.15, 0.2) is 0 Å². The zero-order valence-corrected chi connectivity index (χ0v) is 5.56. The maximum absolute atomic E-state index is 5.62. The van der Waals surface area contributed by atoms with E-state index < -0.39 is 0 Å². The Morgan fingerprint density at radius 2 is 2.62 bits per heavy atom. The lowest BCUT2D eigenvalue weighted by Gasteiger charge is -2.25. The Kier molecular flexibility index (Phi) is 2.11. The number of hydrogen-bond donors (Lipinski definition) is 0. The molecule has 1 rings (SSSR count). The average molecular weight is 135 g/mol. The Morgan fingerprint density at radius 3 is 3.00 bits per heavy atom. The van der Waals surface area contributed by atoms with E-state index in [1.807, 2.05) is 7.05 Å². The van der Waals surface area contributed by atoms with Gasteiger partial charge in [0.2, 0.25) is 0 Å². The standard InChI is InChI=1S/C5H9ClNO/c1-7-2-3-8-5(6)4-7/h3,5H,2,4H2,1H3. The Labute approximate surface area is 54.4 Å². The third-order valence-corrected chi connectivity index (χ3v) is 1.33. The second kappa shape index (κ2) is 2.67. The van der Waals surface area contributed by atoms with Crippen LogP contribution in [0.2, 0.25) is 0 Å². The maximum Gasteiger partial charge on any atom is 0.144 e. The van der Waals surface area contributed by atoms with Crippen molar-refractivity contribution in [1.29, 1.82) is 0 Å². The number of likely N-dealkylation sites (N-methyl/N-ethyl adjacent to an activating group) is 1. The van der Waals surface area contributed by atoms with Crippen LogP contribution < -0.4 is 0 Å². The Bertz CT molecular complexity index is 70.8. The Morgan fingerprint density at radius 1 is 1.88 bits per heavy atom. The van der Waals surface area contributed by atoms with Crippen molar-refractivity contribution in [3.05, 3.63) is 6.61 Å². The van der Waals surface area contributed by atoms with Crippen molar-refractivity contribution in [1.82, 2.24) is 4.90 Å². The van der Waals surface area contributed by atoms with E-state index in [9.17, 15) is 0 Å². The van der Waals surface area contributed by atoms with Gasteiger partial charge in [-0.1, -0.05) is 11.6 Å². The number of rotatable bonds is 0. The van der Waals surface area contributed by atoms with E-state index in [-0.39, 0.29) is 5.56 Å². The summed E-state index contributed by atoms with van der Waals surface area (Å²) < 4.78 is 4.95. The number of halogens is 1. The van der Waals surface area contributed by atoms with Gasteiger partial charge in [0, 0.05) is 13.1 Å². The minimum absolute atomic E-state index is 0.145. The van der Waals surface area contributed by atoms with E-state index in [4.69, 9.17) is 16.3 Å². The molecule has 0 N–H and O–H groups in total. The molecule has 0 amide bonds. The van der Waals surface area contributed by atoms with Crippen molar-refractivity contribution in [2.24, 2.45) is 0 Å². The summed E-state index contributed by atoms with van der Waals surface area (Å²) in [7, 11) is 2.01. The summed E-state index contributed by atoms with van der Waals surface area (Å²) in [5, 5.41) is 0. The van der Waals surface area contributed by atoms with Gasteiger partial charge in [0.25, 0.3) is 0 Å². The fraction of sp³-hybridized carbons (Fsp3) is 0.800. The SMILES string of the molecule is CN1C[CH]OC(Cl)C1. The fourth-order valence-corrected chi connectivity index (χ4v) is 0.946. The van der Waals surface area contributed by atoms with E-state index in [0.29, 0.717) is 0 Å². The summed E-state index contributed by atoms with van der Waals surface area (Å²) >= 11 is 5.62. The smallest absolute Gasteiger partial charge is 0.144 e. The zero-order chi connectivity index (χ0) is 5.98. The van der Waals surface area contributed by atoms with Gasteiger partial charge in [0.05, 0.1) is 6.61 Å². The van der Waals surface area contributed by atoms with E-state index in [2.05, 4.69) is 4.90 Å². The quantitative estimate of drug-likeness (QED) is 0.452. The lowest BCUT2D eigenvalue weighted by Crippen LogP contribution is -2.34. The van der Waals surface area contributed by atoms with Gasteiger partial charge in [-0.05, 0) is 7.05 Å². The van der Waals surface area contributed by atoms with Crippen molar-refractivity contribution in [2.45, 2.75) is 5.56 Å². The monoisotopic (exact) mass is 134 g/mol. The zero-order valence-electron chi connectivity index (χ0n) is 4.80. The van der Waals surface area contributed by atoms with Gasteiger partial charge in [-0.15, -0.1) is 0 Å². The number of hydrogen-bond acceptors (Lipinski definition) is 2. The summed E-state index contributed by atoms with van der Waals surface area (Å²) in [5.41, 5.74) is -0.145. The van der Waals surface area contributed by atoms with Crippen LogP contribution in [0.4, 0.5) is 0 Å². The molecule has 1 fully saturated rings. The molecular weight excluding hydrogens is 126 g/mol. The molecule has 1 unspecified atom stereocenters. The highest BCUT2D eigenvalue weighted by atomic mass is 35.5. The van der Waals surface area contributed by atoms with Gasteiger partial charge in [0.1, 0.15) is 5.56 Å². The molecular formula is C5H9ClNO. The first kappa shape index (κ1) is 6.33. The number of alkyl halides is 1. The molecule has 1 aliphatic heterocycles. The molecule has 1 aliphatic rings. The molecule has 0 aromatic rings. The van der Waals surface area contributed by atoms with Crippen LogP contribution >= 0.6 is 11.6 Å². The van der Waals surface area contributed by atoms with Crippen LogP contribution in [0, 0.1) is 6.61 Å². The topological polar surface area (TPSA) is 12.5 Å². The molecule has 0 aromatic carbocycles. The molecule has 1 radical (unpaired) electrons. The van der Waals surface area contributed by atoms with Crippen LogP contribution in [0.1, 0.15) is 0 Å². The van der Waals surface area contributed by atoms with Crippen molar-refractivity contribution in [3.63, 3.8) is 0 Å². The molecule has 0 spiro atoms. The predicted octanol–water partition coefficient (Wildman–Crippen LogP) is 0.675. The van der Waals surface area contributed by atoms with Crippen molar-refractivity contribution >= 4 is 11.6 Å². The molecule has 0 aliphatic carbocycles. The molecule has 1 saturated heterocycles. The van der Waals surface area contributed by atoms with Crippen molar-refractivity contribution in [2.75, 3.05) is 20.1 Å². The first-order valence-corrected chi connectivity index (χ1v) is 3.02. The van der Waals surface area contributed by atoms with Gasteiger partial charge >= 0.3 is 0 Å². The highest BCUT2D eigenvalue weighted by molar-refractivity contribution is 6.19. The van der Waals surface area contributed by atoms with Gasteiger partial charge in [0.15, 0.2) is 0 Å². The number of ether oxygens (including phenoxy) is 1. The van der Waals surface area contributed by atoms with Crippen LogP contribution in [-0.4, -0.2) is 30.6 Å². The largest absolute Gasteiger partial charge is 0.354 e. The molecule has 2 nitrogen and oxygen atoms in total. The van der Waals surface area contributed by atoms with Crippen LogP contribution in [0.3, 0.4) is 0 Å². The highest BCUT2D eigenvalue weighted by Gasteiger charge is 2.13. The van der Waals surface area contributed by atoms with Gasteiger partial charge < -0.3 is 4.74 Å². The maximum atomic E-state index is 5.62. The molecule has 0 bridgehead atoms. The van der Waals surface area contributed by atoms with Crippen molar-refractivity contribution in [3.8, 4) is 0 Å². The van der Waals surface area contributed by atoms with E-state index in [1.54, 1.807) is 6.61 Å². The third kappa shape index (κ3) is 1.62. The summed E-state index contributed by atoms with van der Waals surface area (Å²) in [6.07, 6.45) is 0. The molecule has 8 heavy (non-hydrogen) atoms. The van der Waals surface area contributed by atoms with Crippen LogP contribution in [0.25, 0.3) is 0 Å². The first-order valence-electron chi connectivity index (χ1n) is 2.59.